The van der Waals surface area contributed by atoms with E-state index in [1.165, 1.54) is 0 Å². The van der Waals surface area contributed by atoms with Crippen LogP contribution in [-0.4, -0.2) is 4.98 Å². The quantitative estimate of drug-likeness (QED) is 0.818. The fourth-order valence-corrected chi connectivity index (χ4v) is 1.51. The van der Waals surface area contributed by atoms with E-state index in [1.807, 2.05) is 18.2 Å². The van der Waals surface area contributed by atoms with Gasteiger partial charge in [-0.15, -0.1) is 0 Å². The van der Waals surface area contributed by atoms with Crippen molar-refractivity contribution in [1.29, 1.82) is 0 Å². The molecule has 0 atom stereocenters. The van der Waals surface area contributed by atoms with Gasteiger partial charge in [-0.1, -0.05) is 0 Å². The van der Waals surface area contributed by atoms with Gasteiger partial charge in [0.1, 0.15) is 6.61 Å². The summed E-state index contributed by atoms with van der Waals surface area (Å²) in [5.41, 5.74) is 1.01. The van der Waals surface area contributed by atoms with Crippen LogP contribution < -0.4 is 4.74 Å². The maximum absolute atomic E-state index is 5.50. The third kappa shape index (κ3) is 2.25. The van der Waals surface area contributed by atoms with E-state index < -0.39 is 0 Å². The Balaban J connectivity index is 2.02. The third-order valence-electron chi connectivity index (χ3n) is 1.68. The Morgan fingerprint density at radius 1 is 1.43 bits per heavy atom. The first kappa shape index (κ1) is 9.51. The van der Waals surface area contributed by atoms with E-state index in [0.717, 1.165) is 9.13 Å². The number of halogens is 1. The van der Waals surface area contributed by atoms with E-state index in [0.29, 0.717) is 12.5 Å². The lowest BCUT2D eigenvalue weighted by molar-refractivity contribution is 0.290. The molecule has 0 unspecified atom stereocenters. The fourth-order valence-electron chi connectivity index (χ4n) is 1.00. The molecule has 3 nitrogen and oxygen atoms in total. The Morgan fingerprint density at radius 3 is 3.07 bits per heavy atom. The predicted molar refractivity (Wildman–Crippen MR) is 60.0 cm³/mol. The minimum absolute atomic E-state index is 0.490. The van der Waals surface area contributed by atoms with Crippen molar-refractivity contribution < 1.29 is 9.15 Å². The zero-order valence-electron chi connectivity index (χ0n) is 7.31. The molecule has 2 aromatic rings. The van der Waals surface area contributed by atoms with Crippen LogP contribution in [0.2, 0.25) is 0 Å². The molecular formula is C10H8INO2. The van der Waals surface area contributed by atoms with Gasteiger partial charge in [0.25, 0.3) is 0 Å². The summed E-state index contributed by atoms with van der Waals surface area (Å²) in [5, 5.41) is 0. The molecule has 0 aliphatic rings. The number of rotatable bonds is 3. The minimum Gasteiger partial charge on any atom is -0.472 e. The highest BCUT2D eigenvalue weighted by molar-refractivity contribution is 14.1. The molecule has 0 N–H and O–H groups in total. The first-order valence-corrected chi connectivity index (χ1v) is 5.18. The Kier molecular flexibility index (Phi) is 3.03. The van der Waals surface area contributed by atoms with Crippen molar-refractivity contribution in [1.82, 2.24) is 4.98 Å². The molecule has 0 saturated heterocycles. The normalized spacial score (nSPS) is 10.1. The molecule has 0 fully saturated rings. The SMILES string of the molecule is Ic1cccnc1OCc1ccoc1. The van der Waals surface area contributed by atoms with Gasteiger partial charge in [0, 0.05) is 11.8 Å². The van der Waals surface area contributed by atoms with Gasteiger partial charge in [0.15, 0.2) is 0 Å². The van der Waals surface area contributed by atoms with Crippen LogP contribution in [0.25, 0.3) is 0 Å². The largest absolute Gasteiger partial charge is 0.472 e. The van der Waals surface area contributed by atoms with Crippen LogP contribution in [-0.2, 0) is 6.61 Å². The molecule has 0 radical (unpaired) electrons. The van der Waals surface area contributed by atoms with Crippen molar-refractivity contribution in [2.24, 2.45) is 0 Å². The van der Waals surface area contributed by atoms with Crippen LogP contribution >= 0.6 is 22.6 Å². The van der Waals surface area contributed by atoms with Crippen molar-refractivity contribution in [2.45, 2.75) is 6.61 Å². The molecule has 72 valence electrons. The number of furan rings is 1. The lowest BCUT2D eigenvalue weighted by atomic mass is 10.4. The average Bonchev–Trinajstić information content (AvgIpc) is 2.69. The van der Waals surface area contributed by atoms with E-state index in [1.54, 1.807) is 18.7 Å². The van der Waals surface area contributed by atoms with Gasteiger partial charge in [-0.05, 0) is 40.8 Å². The molecule has 0 saturated carbocycles. The predicted octanol–water partition coefficient (Wildman–Crippen LogP) is 2.86. The Hall–Kier alpha value is -1.04. The molecule has 0 aliphatic carbocycles. The molecule has 0 amide bonds. The van der Waals surface area contributed by atoms with Crippen molar-refractivity contribution in [3.63, 3.8) is 0 Å². The van der Waals surface area contributed by atoms with Gasteiger partial charge in [-0.25, -0.2) is 4.98 Å². The van der Waals surface area contributed by atoms with Crippen LogP contribution in [0.4, 0.5) is 0 Å². The highest BCUT2D eigenvalue weighted by Gasteiger charge is 2.01. The topological polar surface area (TPSA) is 35.3 Å². The summed E-state index contributed by atoms with van der Waals surface area (Å²) < 4.78 is 11.4. The second kappa shape index (κ2) is 4.45. The smallest absolute Gasteiger partial charge is 0.227 e. The molecule has 0 bridgehead atoms. The molecule has 0 aromatic carbocycles. The van der Waals surface area contributed by atoms with Crippen molar-refractivity contribution in [3.8, 4) is 5.88 Å². The molecule has 14 heavy (non-hydrogen) atoms. The van der Waals surface area contributed by atoms with Crippen molar-refractivity contribution in [2.75, 3.05) is 0 Å². The number of hydrogen-bond acceptors (Lipinski definition) is 3. The zero-order valence-corrected chi connectivity index (χ0v) is 9.47. The van der Waals surface area contributed by atoms with Crippen LogP contribution in [0.15, 0.2) is 41.3 Å². The Morgan fingerprint density at radius 2 is 2.36 bits per heavy atom. The lowest BCUT2D eigenvalue weighted by Crippen LogP contribution is -1.97. The lowest BCUT2D eigenvalue weighted by Gasteiger charge is -2.04. The standard InChI is InChI=1S/C10H8INO2/c11-9-2-1-4-12-10(9)14-7-8-3-5-13-6-8/h1-6H,7H2. The molecular weight excluding hydrogens is 293 g/mol. The molecule has 0 spiro atoms. The summed E-state index contributed by atoms with van der Waals surface area (Å²) in [4.78, 5) is 4.12. The fraction of sp³-hybridized carbons (Fsp3) is 0.100. The second-order valence-corrected chi connectivity index (χ2v) is 3.87. The number of hydrogen-bond donors (Lipinski definition) is 0. The average molecular weight is 301 g/mol. The van der Waals surface area contributed by atoms with Crippen LogP contribution in [0, 0.1) is 3.57 Å². The summed E-state index contributed by atoms with van der Waals surface area (Å²) >= 11 is 2.19. The first-order chi connectivity index (χ1) is 6.86. The maximum Gasteiger partial charge on any atom is 0.227 e. The summed E-state index contributed by atoms with van der Waals surface area (Å²) in [7, 11) is 0. The van der Waals surface area contributed by atoms with Crippen molar-refractivity contribution in [3.05, 3.63) is 46.1 Å². The summed E-state index contributed by atoms with van der Waals surface area (Å²) in [6.07, 6.45) is 5.00. The van der Waals surface area contributed by atoms with Gasteiger partial charge >= 0.3 is 0 Å². The Bertz CT molecular complexity index is 400. The number of pyridine rings is 1. The summed E-state index contributed by atoms with van der Waals surface area (Å²) in [5.74, 6) is 0.661. The van der Waals surface area contributed by atoms with Gasteiger partial charge in [-0.3, -0.25) is 0 Å². The number of aromatic nitrogens is 1. The zero-order chi connectivity index (χ0) is 9.80. The highest BCUT2D eigenvalue weighted by atomic mass is 127. The summed E-state index contributed by atoms with van der Waals surface area (Å²) in [6.45, 7) is 0.490. The third-order valence-corrected chi connectivity index (χ3v) is 2.50. The Labute approximate surface area is 95.2 Å². The van der Waals surface area contributed by atoms with E-state index in [9.17, 15) is 0 Å². The molecule has 0 aliphatic heterocycles. The van der Waals surface area contributed by atoms with Gasteiger partial charge in [0.2, 0.25) is 5.88 Å². The van der Waals surface area contributed by atoms with Crippen LogP contribution in [0.3, 0.4) is 0 Å². The van der Waals surface area contributed by atoms with Gasteiger partial charge in [0.05, 0.1) is 16.1 Å². The number of nitrogens with zero attached hydrogens (tertiary/aromatic N) is 1. The van der Waals surface area contributed by atoms with Crippen LogP contribution in [0.5, 0.6) is 5.88 Å². The summed E-state index contributed by atoms with van der Waals surface area (Å²) in [6, 6.07) is 5.71. The molecule has 2 heterocycles. The molecule has 2 rings (SSSR count). The van der Waals surface area contributed by atoms with Gasteiger partial charge in [-0.2, -0.15) is 0 Å². The maximum atomic E-state index is 5.50. The molecule has 4 heteroatoms. The van der Waals surface area contributed by atoms with Crippen LogP contribution in [0.1, 0.15) is 5.56 Å². The molecule has 2 aromatic heterocycles. The highest BCUT2D eigenvalue weighted by Crippen LogP contribution is 2.17. The number of ether oxygens (including phenoxy) is 1. The van der Waals surface area contributed by atoms with Gasteiger partial charge < -0.3 is 9.15 Å². The van der Waals surface area contributed by atoms with E-state index in [4.69, 9.17) is 9.15 Å². The van der Waals surface area contributed by atoms with E-state index in [-0.39, 0.29) is 0 Å². The minimum atomic E-state index is 0.490. The van der Waals surface area contributed by atoms with Crippen molar-refractivity contribution >= 4 is 22.6 Å². The first-order valence-electron chi connectivity index (χ1n) is 4.10. The van der Waals surface area contributed by atoms with E-state index >= 15 is 0 Å². The van der Waals surface area contributed by atoms with E-state index in [2.05, 4.69) is 27.6 Å². The second-order valence-electron chi connectivity index (χ2n) is 2.71. The monoisotopic (exact) mass is 301 g/mol.